The Morgan fingerprint density at radius 2 is 2.00 bits per heavy atom. The molecular formula is C14H14N2. The number of rotatable bonds is 1. The van der Waals surface area contributed by atoms with Gasteiger partial charge in [0.2, 0.25) is 0 Å². The molecule has 0 saturated carbocycles. The summed E-state index contributed by atoms with van der Waals surface area (Å²) in [6.45, 7) is 6.14. The van der Waals surface area contributed by atoms with Gasteiger partial charge < -0.3 is 0 Å². The van der Waals surface area contributed by atoms with Crippen molar-refractivity contribution in [1.29, 1.82) is 5.26 Å². The minimum atomic E-state index is 0.447. The third kappa shape index (κ3) is 1.65. The van der Waals surface area contributed by atoms with Gasteiger partial charge in [-0.3, -0.25) is 4.98 Å². The first-order valence-electron chi connectivity index (χ1n) is 5.37. The minimum Gasteiger partial charge on any atom is -0.253 e. The van der Waals surface area contributed by atoms with E-state index in [1.165, 1.54) is 11.1 Å². The van der Waals surface area contributed by atoms with Gasteiger partial charge in [-0.1, -0.05) is 12.1 Å². The molecule has 1 aromatic heterocycles. The molecule has 0 N–H and O–H groups in total. The highest BCUT2D eigenvalue weighted by Crippen LogP contribution is 2.24. The Balaban J connectivity index is 2.84. The normalized spacial score (nSPS) is 10.4. The summed E-state index contributed by atoms with van der Waals surface area (Å²) >= 11 is 0. The first-order chi connectivity index (χ1) is 7.63. The van der Waals surface area contributed by atoms with Crippen molar-refractivity contribution in [3.05, 3.63) is 40.6 Å². The topological polar surface area (TPSA) is 36.7 Å². The maximum Gasteiger partial charge on any atom is 0.0740 e. The van der Waals surface area contributed by atoms with Gasteiger partial charge in [0, 0.05) is 11.1 Å². The molecule has 2 nitrogen and oxygen atoms in total. The predicted molar refractivity (Wildman–Crippen MR) is 65.3 cm³/mol. The van der Waals surface area contributed by atoms with E-state index >= 15 is 0 Å². The van der Waals surface area contributed by atoms with Crippen LogP contribution in [0.1, 0.15) is 22.4 Å². The van der Waals surface area contributed by atoms with Crippen molar-refractivity contribution in [2.24, 2.45) is 0 Å². The standard InChI is InChI=1S/C14H14N2/c1-9-4-5-13-12(6-7-15)8-10(2)16-14(13)11(9)3/h4-5,8H,6H2,1-3H3. The third-order valence-electron chi connectivity index (χ3n) is 2.99. The van der Waals surface area contributed by atoms with E-state index in [1.807, 2.05) is 13.0 Å². The molecule has 0 radical (unpaired) electrons. The van der Waals surface area contributed by atoms with Crippen LogP contribution in [0, 0.1) is 32.1 Å². The summed E-state index contributed by atoms with van der Waals surface area (Å²) in [7, 11) is 0. The molecule has 0 amide bonds. The molecule has 0 fully saturated rings. The molecule has 0 aliphatic carbocycles. The number of fused-ring (bicyclic) bond motifs is 1. The molecule has 0 unspecified atom stereocenters. The quantitative estimate of drug-likeness (QED) is 0.724. The monoisotopic (exact) mass is 210 g/mol. The fourth-order valence-corrected chi connectivity index (χ4v) is 1.97. The van der Waals surface area contributed by atoms with Crippen LogP contribution in [0.15, 0.2) is 18.2 Å². The fourth-order valence-electron chi connectivity index (χ4n) is 1.97. The fraction of sp³-hybridized carbons (Fsp3) is 0.286. The van der Waals surface area contributed by atoms with Crippen LogP contribution in [0.5, 0.6) is 0 Å². The van der Waals surface area contributed by atoms with Gasteiger partial charge in [0.05, 0.1) is 18.0 Å². The van der Waals surface area contributed by atoms with E-state index in [9.17, 15) is 0 Å². The molecule has 0 bridgehead atoms. The maximum absolute atomic E-state index is 8.82. The molecule has 1 heterocycles. The number of aromatic nitrogens is 1. The SMILES string of the molecule is Cc1cc(CC#N)c2ccc(C)c(C)c2n1. The van der Waals surface area contributed by atoms with Gasteiger partial charge in [-0.05, 0) is 43.5 Å². The molecule has 0 saturated heterocycles. The summed E-state index contributed by atoms with van der Waals surface area (Å²) in [4.78, 5) is 4.57. The van der Waals surface area contributed by atoms with Crippen molar-refractivity contribution in [3.8, 4) is 6.07 Å². The van der Waals surface area contributed by atoms with Crippen LogP contribution in [-0.4, -0.2) is 4.98 Å². The number of nitrogens with zero attached hydrogens (tertiary/aromatic N) is 2. The summed E-state index contributed by atoms with van der Waals surface area (Å²) < 4.78 is 0. The Hall–Kier alpha value is -1.88. The van der Waals surface area contributed by atoms with E-state index in [0.29, 0.717) is 6.42 Å². The zero-order chi connectivity index (χ0) is 11.7. The second kappa shape index (κ2) is 3.94. The van der Waals surface area contributed by atoms with Gasteiger partial charge in [0.1, 0.15) is 0 Å². The molecule has 2 heteroatoms. The van der Waals surface area contributed by atoms with Gasteiger partial charge in [-0.15, -0.1) is 0 Å². The van der Waals surface area contributed by atoms with Crippen molar-refractivity contribution in [2.45, 2.75) is 27.2 Å². The highest BCUT2D eigenvalue weighted by Gasteiger charge is 2.07. The smallest absolute Gasteiger partial charge is 0.0740 e. The van der Waals surface area contributed by atoms with E-state index in [-0.39, 0.29) is 0 Å². The summed E-state index contributed by atoms with van der Waals surface area (Å²) in [5.74, 6) is 0. The third-order valence-corrected chi connectivity index (χ3v) is 2.99. The lowest BCUT2D eigenvalue weighted by Gasteiger charge is -2.09. The molecule has 0 aliphatic rings. The summed E-state index contributed by atoms with van der Waals surface area (Å²) in [5, 5.41) is 9.93. The Morgan fingerprint density at radius 1 is 1.25 bits per heavy atom. The lowest BCUT2D eigenvalue weighted by atomic mass is 10.00. The second-order valence-corrected chi connectivity index (χ2v) is 4.16. The van der Waals surface area contributed by atoms with E-state index in [0.717, 1.165) is 22.2 Å². The first-order valence-corrected chi connectivity index (χ1v) is 5.37. The van der Waals surface area contributed by atoms with Gasteiger partial charge in [0.25, 0.3) is 0 Å². The number of hydrogen-bond donors (Lipinski definition) is 0. The van der Waals surface area contributed by atoms with E-state index in [1.54, 1.807) is 0 Å². The van der Waals surface area contributed by atoms with Crippen LogP contribution in [-0.2, 0) is 6.42 Å². The van der Waals surface area contributed by atoms with Crippen LogP contribution in [0.4, 0.5) is 0 Å². The van der Waals surface area contributed by atoms with Gasteiger partial charge in [-0.25, -0.2) is 0 Å². The number of pyridine rings is 1. The number of hydrogen-bond acceptors (Lipinski definition) is 2. The zero-order valence-electron chi connectivity index (χ0n) is 9.83. The minimum absolute atomic E-state index is 0.447. The van der Waals surface area contributed by atoms with Gasteiger partial charge in [0.15, 0.2) is 0 Å². The van der Waals surface area contributed by atoms with Crippen LogP contribution in [0.3, 0.4) is 0 Å². The average Bonchev–Trinajstić information content (AvgIpc) is 2.24. The van der Waals surface area contributed by atoms with Crippen molar-refractivity contribution in [2.75, 3.05) is 0 Å². The van der Waals surface area contributed by atoms with Crippen LogP contribution in [0.2, 0.25) is 0 Å². The maximum atomic E-state index is 8.82. The van der Waals surface area contributed by atoms with Gasteiger partial charge >= 0.3 is 0 Å². The largest absolute Gasteiger partial charge is 0.253 e. The lowest BCUT2D eigenvalue weighted by Crippen LogP contribution is -1.94. The highest BCUT2D eigenvalue weighted by molar-refractivity contribution is 5.86. The summed E-state index contributed by atoms with van der Waals surface area (Å²) in [6, 6.07) is 8.37. The molecular weight excluding hydrogens is 196 g/mol. The Kier molecular flexibility index (Phi) is 2.62. The zero-order valence-corrected chi connectivity index (χ0v) is 9.83. The molecule has 1 aromatic carbocycles. The molecule has 2 aromatic rings. The van der Waals surface area contributed by atoms with E-state index in [2.05, 4.69) is 37.0 Å². The van der Waals surface area contributed by atoms with Gasteiger partial charge in [-0.2, -0.15) is 5.26 Å². The predicted octanol–water partition coefficient (Wildman–Crippen LogP) is 3.23. The molecule has 80 valence electrons. The van der Waals surface area contributed by atoms with Crippen molar-refractivity contribution in [3.63, 3.8) is 0 Å². The average molecular weight is 210 g/mol. The second-order valence-electron chi connectivity index (χ2n) is 4.16. The first kappa shape index (κ1) is 10.6. The molecule has 2 rings (SSSR count). The lowest BCUT2D eigenvalue weighted by molar-refractivity contribution is 1.18. The molecule has 16 heavy (non-hydrogen) atoms. The molecule has 0 atom stereocenters. The van der Waals surface area contributed by atoms with Crippen LogP contribution in [0.25, 0.3) is 10.9 Å². The molecule has 0 spiro atoms. The Morgan fingerprint density at radius 3 is 2.69 bits per heavy atom. The van der Waals surface area contributed by atoms with Crippen LogP contribution < -0.4 is 0 Å². The van der Waals surface area contributed by atoms with E-state index in [4.69, 9.17) is 5.26 Å². The highest BCUT2D eigenvalue weighted by atomic mass is 14.7. The Bertz CT molecular complexity index is 592. The van der Waals surface area contributed by atoms with Crippen molar-refractivity contribution < 1.29 is 0 Å². The number of nitriles is 1. The number of aryl methyl sites for hydroxylation is 3. The summed E-state index contributed by atoms with van der Waals surface area (Å²) in [5.41, 5.74) is 5.54. The Labute approximate surface area is 95.6 Å². The van der Waals surface area contributed by atoms with Crippen molar-refractivity contribution >= 4 is 10.9 Å². The molecule has 0 aliphatic heterocycles. The van der Waals surface area contributed by atoms with E-state index < -0.39 is 0 Å². The number of benzene rings is 1. The summed E-state index contributed by atoms with van der Waals surface area (Å²) in [6.07, 6.45) is 0.447. The van der Waals surface area contributed by atoms with Crippen LogP contribution >= 0.6 is 0 Å². The van der Waals surface area contributed by atoms with Crippen molar-refractivity contribution in [1.82, 2.24) is 4.98 Å².